The Morgan fingerprint density at radius 3 is 2.50 bits per heavy atom. The number of nitrogens with zero attached hydrogens (tertiary/aromatic N) is 5. The van der Waals surface area contributed by atoms with Gasteiger partial charge in [-0.05, 0) is 32.0 Å². The lowest BCUT2D eigenvalue weighted by Crippen LogP contribution is -2.48. The molecule has 3 heterocycles. The first-order chi connectivity index (χ1) is 13.3. The molecule has 148 valence electrons. The predicted octanol–water partition coefficient (Wildman–Crippen LogP) is 1.17. The van der Waals surface area contributed by atoms with Crippen LogP contribution in [0.2, 0.25) is 0 Å². The summed E-state index contributed by atoms with van der Waals surface area (Å²) in [6.07, 6.45) is 0. The van der Waals surface area contributed by atoms with Crippen LogP contribution in [0, 0.1) is 13.8 Å². The van der Waals surface area contributed by atoms with Gasteiger partial charge in [0.1, 0.15) is 0 Å². The Labute approximate surface area is 163 Å². The molecule has 0 saturated carbocycles. The summed E-state index contributed by atoms with van der Waals surface area (Å²) in [6, 6.07) is 5.39. The SMILES string of the molecule is Cc1nn(C)c(C)c1CN1CCN(C(=O)c2ccc3c(c2)[nH]c(=O)n3C)CC1. The molecular weight excluding hydrogens is 356 g/mol. The molecule has 0 atom stereocenters. The summed E-state index contributed by atoms with van der Waals surface area (Å²) in [5.74, 6) is 0.0139. The van der Waals surface area contributed by atoms with E-state index in [0.717, 1.165) is 30.8 Å². The maximum Gasteiger partial charge on any atom is 0.326 e. The maximum atomic E-state index is 12.9. The Hall–Kier alpha value is -2.87. The number of aryl methyl sites for hydroxylation is 3. The highest BCUT2D eigenvalue weighted by Gasteiger charge is 2.24. The van der Waals surface area contributed by atoms with E-state index in [1.807, 2.05) is 29.6 Å². The molecule has 1 N–H and O–H groups in total. The normalized spacial score (nSPS) is 15.5. The van der Waals surface area contributed by atoms with Gasteiger partial charge in [0.25, 0.3) is 5.91 Å². The van der Waals surface area contributed by atoms with Gasteiger partial charge < -0.3 is 9.88 Å². The van der Waals surface area contributed by atoms with E-state index < -0.39 is 0 Å². The average Bonchev–Trinajstić information content (AvgIpc) is 3.10. The minimum absolute atomic E-state index is 0.0139. The van der Waals surface area contributed by atoms with Gasteiger partial charge in [0, 0.05) is 63.6 Å². The van der Waals surface area contributed by atoms with Gasteiger partial charge in [0.05, 0.1) is 16.7 Å². The third-order valence-electron chi connectivity index (χ3n) is 5.85. The van der Waals surface area contributed by atoms with E-state index in [9.17, 15) is 9.59 Å². The van der Waals surface area contributed by atoms with Crippen LogP contribution in [-0.4, -0.2) is 61.2 Å². The number of H-pyrrole nitrogens is 1. The van der Waals surface area contributed by atoms with Crippen LogP contribution in [0.25, 0.3) is 11.0 Å². The van der Waals surface area contributed by atoms with E-state index in [1.165, 1.54) is 11.3 Å². The third-order valence-corrected chi connectivity index (χ3v) is 5.85. The molecular formula is C20H26N6O2. The Balaban J connectivity index is 1.43. The maximum absolute atomic E-state index is 12.9. The zero-order valence-corrected chi connectivity index (χ0v) is 16.8. The molecule has 1 fully saturated rings. The average molecular weight is 382 g/mol. The van der Waals surface area contributed by atoms with Crippen LogP contribution < -0.4 is 5.69 Å². The van der Waals surface area contributed by atoms with Crippen LogP contribution in [0.4, 0.5) is 0 Å². The fraction of sp³-hybridized carbons (Fsp3) is 0.450. The van der Waals surface area contributed by atoms with Gasteiger partial charge in [-0.2, -0.15) is 5.10 Å². The third kappa shape index (κ3) is 3.13. The summed E-state index contributed by atoms with van der Waals surface area (Å²) in [7, 11) is 3.69. The van der Waals surface area contributed by atoms with Crippen LogP contribution in [0.5, 0.6) is 0 Å². The lowest BCUT2D eigenvalue weighted by Gasteiger charge is -2.34. The van der Waals surface area contributed by atoms with Crippen molar-refractivity contribution in [2.24, 2.45) is 14.1 Å². The summed E-state index contributed by atoms with van der Waals surface area (Å²) in [5.41, 5.74) is 5.48. The molecule has 0 spiro atoms. The van der Waals surface area contributed by atoms with E-state index in [4.69, 9.17) is 0 Å². The minimum atomic E-state index is -0.172. The second kappa shape index (κ2) is 6.94. The van der Waals surface area contributed by atoms with Crippen LogP contribution >= 0.6 is 0 Å². The highest BCUT2D eigenvalue weighted by Crippen LogP contribution is 2.18. The Morgan fingerprint density at radius 1 is 1.14 bits per heavy atom. The number of imidazole rings is 1. The van der Waals surface area contributed by atoms with Crippen molar-refractivity contribution in [3.8, 4) is 0 Å². The van der Waals surface area contributed by atoms with Crippen molar-refractivity contribution >= 4 is 16.9 Å². The van der Waals surface area contributed by atoms with Crippen molar-refractivity contribution in [3.63, 3.8) is 0 Å². The Morgan fingerprint density at radius 2 is 1.86 bits per heavy atom. The molecule has 0 aliphatic carbocycles. The molecule has 8 nitrogen and oxygen atoms in total. The topological polar surface area (TPSA) is 79.2 Å². The number of fused-ring (bicyclic) bond motifs is 1. The number of nitrogens with one attached hydrogen (secondary N) is 1. The highest BCUT2D eigenvalue weighted by molar-refractivity contribution is 5.97. The van der Waals surface area contributed by atoms with E-state index in [2.05, 4.69) is 21.9 Å². The van der Waals surface area contributed by atoms with Gasteiger partial charge in [-0.1, -0.05) is 0 Å². The molecule has 0 unspecified atom stereocenters. The number of carbonyl (C=O) groups is 1. The molecule has 1 saturated heterocycles. The number of rotatable bonds is 3. The Kier molecular flexibility index (Phi) is 4.58. The zero-order valence-electron chi connectivity index (χ0n) is 16.8. The lowest BCUT2D eigenvalue weighted by atomic mass is 10.1. The van der Waals surface area contributed by atoms with Crippen molar-refractivity contribution in [1.82, 2.24) is 29.1 Å². The van der Waals surface area contributed by atoms with Crippen LogP contribution in [0.1, 0.15) is 27.3 Å². The standard InChI is InChI=1S/C20H26N6O2/c1-13-16(14(2)24(4)22-13)12-25-7-9-26(10-8-25)19(27)15-5-6-18-17(11-15)21-20(28)23(18)3/h5-6,11H,7-10,12H2,1-4H3,(H,21,28). The van der Waals surface area contributed by atoms with Crippen molar-refractivity contribution in [3.05, 3.63) is 51.2 Å². The van der Waals surface area contributed by atoms with Crippen molar-refractivity contribution < 1.29 is 4.79 Å². The van der Waals surface area contributed by atoms with Crippen molar-refractivity contribution in [2.75, 3.05) is 26.2 Å². The van der Waals surface area contributed by atoms with Gasteiger partial charge in [-0.3, -0.25) is 18.9 Å². The molecule has 28 heavy (non-hydrogen) atoms. The van der Waals surface area contributed by atoms with Crippen LogP contribution in [0.15, 0.2) is 23.0 Å². The quantitative estimate of drug-likeness (QED) is 0.738. The molecule has 4 rings (SSSR count). The van der Waals surface area contributed by atoms with Gasteiger partial charge in [0.2, 0.25) is 0 Å². The molecule has 1 aliphatic rings. The predicted molar refractivity (Wildman–Crippen MR) is 107 cm³/mol. The minimum Gasteiger partial charge on any atom is -0.336 e. The summed E-state index contributed by atoms with van der Waals surface area (Å²) >= 11 is 0. The first-order valence-electron chi connectivity index (χ1n) is 9.54. The molecule has 8 heteroatoms. The number of aromatic nitrogens is 4. The fourth-order valence-corrected chi connectivity index (χ4v) is 3.93. The number of hydrogen-bond acceptors (Lipinski definition) is 4. The van der Waals surface area contributed by atoms with Gasteiger partial charge in [-0.25, -0.2) is 4.79 Å². The van der Waals surface area contributed by atoms with Crippen LogP contribution in [0.3, 0.4) is 0 Å². The molecule has 3 aromatic rings. The number of piperazine rings is 1. The van der Waals surface area contributed by atoms with Crippen molar-refractivity contribution in [2.45, 2.75) is 20.4 Å². The largest absolute Gasteiger partial charge is 0.336 e. The summed E-state index contributed by atoms with van der Waals surface area (Å²) in [4.78, 5) is 31.7. The second-order valence-corrected chi connectivity index (χ2v) is 7.56. The van der Waals surface area contributed by atoms with E-state index in [1.54, 1.807) is 23.7 Å². The number of amides is 1. The molecule has 0 bridgehead atoms. The van der Waals surface area contributed by atoms with E-state index >= 15 is 0 Å². The second-order valence-electron chi connectivity index (χ2n) is 7.56. The molecule has 0 radical (unpaired) electrons. The van der Waals surface area contributed by atoms with Crippen molar-refractivity contribution in [1.29, 1.82) is 0 Å². The summed E-state index contributed by atoms with van der Waals surface area (Å²) in [5, 5.41) is 4.49. The molecule has 1 aromatic carbocycles. The number of benzene rings is 1. The first kappa shape index (κ1) is 18.5. The van der Waals surface area contributed by atoms with E-state index in [0.29, 0.717) is 24.2 Å². The van der Waals surface area contributed by atoms with Gasteiger partial charge in [0.15, 0.2) is 0 Å². The molecule has 2 aromatic heterocycles. The monoisotopic (exact) mass is 382 g/mol. The first-order valence-corrected chi connectivity index (χ1v) is 9.54. The molecule has 1 aliphatic heterocycles. The smallest absolute Gasteiger partial charge is 0.326 e. The number of aromatic amines is 1. The fourth-order valence-electron chi connectivity index (χ4n) is 3.93. The summed E-state index contributed by atoms with van der Waals surface area (Å²) < 4.78 is 3.47. The zero-order chi connectivity index (χ0) is 20.0. The number of carbonyl (C=O) groups excluding carboxylic acids is 1. The molecule has 1 amide bonds. The van der Waals surface area contributed by atoms with Gasteiger partial charge in [-0.15, -0.1) is 0 Å². The Bertz CT molecular complexity index is 1100. The summed E-state index contributed by atoms with van der Waals surface area (Å²) in [6.45, 7) is 8.07. The lowest BCUT2D eigenvalue weighted by molar-refractivity contribution is 0.0628. The highest BCUT2D eigenvalue weighted by atomic mass is 16.2. The van der Waals surface area contributed by atoms with Crippen LogP contribution in [-0.2, 0) is 20.6 Å². The van der Waals surface area contributed by atoms with Gasteiger partial charge >= 0.3 is 5.69 Å². The van der Waals surface area contributed by atoms with E-state index in [-0.39, 0.29) is 11.6 Å². The number of hydrogen-bond donors (Lipinski definition) is 1.